The van der Waals surface area contributed by atoms with E-state index in [0.717, 1.165) is 28.9 Å². The summed E-state index contributed by atoms with van der Waals surface area (Å²) >= 11 is 1.03. The molecule has 10 heteroatoms. The van der Waals surface area contributed by atoms with E-state index in [4.69, 9.17) is 10.2 Å². The number of rotatable bonds is 3. The summed E-state index contributed by atoms with van der Waals surface area (Å²) in [7, 11) is 0. The second kappa shape index (κ2) is 9.98. The summed E-state index contributed by atoms with van der Waals surface area (Å²) < 4.78 is 68.3. The van der Waals surface area contributed by atoms with Crippen molar-refractivity contribution >= 4 is 44.4 Å². The minimum atomic E-state index is -1.78. The lowest BCUT2D eigenvalue weighted by Crippen LogP contribution is -2.04. The summed E-state index contributed by atoms with van der Waals surface area (Å²) in [5.74, 6) is -6.92. The molecule has 2 heterocycles. The molecule has 0 aliphatic carbocycles. The molecule has 0 unspecified atom stereocenters. The lowest BCUT2D eigenvalue weighted by Gasteiger charge is -2.15. The normalized spacial score (nSPS) is 11.2. The van der Waals surface area contributed by atoms with Crippen molar-refractivity contribution in [2.45, 2.75) is 0 Å². The number of nitriles is 2. The first-order valence-electron chi connectivity index (χ1n) is 12.8. The van der Waals surface area contributed by atoms with E-state index in [1.807, 2.05) is 36.4 Å². The molecule has 0 radical (unpaired) electrons. The van der Waals surface area contributed by atoms with Gasteiger partial charge in [0, 0.05) is 27.3 Å². The van der Waals surface area contributed by atoms with E-state index in [1.54, 1.807) is 30.3 Å². The summed E-state index contributed by atoms with van der Waals surface area (Å²) in [6.45, 7) is 0. The second-order valence-electron chi connectivity index (χ2n) is 9.68. The molecule has 204 valence electrons. The Labute approximate surface area is 244 Å². The molecule has 0 aliphatic rings. The van der Waals surface area contributed by atoms with Gasteiger partial charge in [0.2, 0.25) is 0 Å². The molecule has 0 aliphatic heterocycles. The van der Waals surface area contributed by atoms with Gasteiger partial charge in [-0.2, -0.15) is 19.3 Å². The molecular formula is C33H13F4N5S. The Kier molecular flexibility index (Phi) is 6.08. The molecular weight excluding hydrogens is 574 g/mol. The van der Waals surface area contributed by atoms with Gasteiger partial charge in [-0.25, -0.2) is 22.5 Å². The molecule has 0 atom stereocenters. The van der Waals surface area contributed by atoms with Crippen molar-refractivity contribution in [3.63, 3.8) is 0 Å². The Morgan fingerprint density at radius 3 is 2.07 bits per heavy atom. The van der Waals surface area contributed by atoms with E-state index < -0.39 is 34.4 Å². The lowest BCUT2D eigenvalue weighted by molar-refractivity contribution is 0.454. The first kappa shape index (κ1) is 26.2. The Morgan fingerprint density at radius 2 is 1.35 bits per heavy atom. The average Bonchev–Trinajstić information content (AvgIpc) is 3.54. The molecule has 0 fully saturated rings. The van der Waals surface area contributed by atoms with Crippen LogP contribution < -0.4 is 0 Å². The van der Waals surface area contributed by atoms with Crippen LogP contribution in [-0.4, -0.2) is 13.7 Å². The molecule has 0 bridgehead atoms. The van der Waals surface area contributed by atoms with Crippen molar-refractivity contribution in [1.29, 1.82) is 10.5 Å². The monoisotopic (exact) mass is 587 g/mol. The van der Waals surface area contributed by atoms with Gasteiger partial charge in [0.15, 0.2) is 23.3 Å². The van der Waals surface area contributed by atoms with Gasteiger partial charge in [0.25, 0.3) is 0 Å². The van der Waals surface area contributed by atoms with Crippen LogP contribution in [0.25, 0.3) is 66.2 Å². The van der Waals surface area contributed by atoms with Crippen molar-refractivity contribution in [1.82, 2.24) is 13.7 Å². The van der Waals surface area contributed by atoms with Gasteiger partial charge in [0.1, 0.15) is 22.7 Å². The van der Waals surface area contributed by atoms with Gasteiger partial charge < -0.3 is 0 Å². The van der Waals surface area contributed by atoms with Gasteiger partial charge in [-0.1, -0.05) is 54.6 Å². The number of fused-ring (bicyclic) bond motifs is 5. The summed E-state index contributed by atoms with van der Waals surface area (Å²) in [6, 6.07) is 25.9. The fourth-order valence-electron chi connectivity index (χ4n) is 5.35. The third-order valence-electron chi connectivity index (χ3n) is 7.31. The molecule has 0 amide bonds. The lowest BCUT2D eigenvalue weighted by atomic mass is 9.92. The van der Waals surface area contributed by atoms with Crippen LogP contribution in [-0.2, 0) is 0 Å². The second-order valence-corrected chi connectivity index (χ2v) is 10.2. The molecule has 5 nitrogen and oxygen atoms in total. The van der Waals surface area contributed by atoms with E-state index in [2.05, 4.69) is 14.8 Å². The van der Waals surface area contributed by atoms with Crippen LogP contribution in [0, 0.1) is 45.9 Å². The molecule has 0 saturated carbocycles. The van der Waals surface area contributed by atoms with Crippen LogP contribution in [0.5, 0.6) is 0 Å². The molecule has 0 saturated heterocycles. The van der Waals surface area contributed by atoms with Crippen LogP contribution in [0.15, 0.2) is 78.9 Å². The maximum atomic E-state index is 15.0. The molecule has 2 aromatic heterocycles. The highest BCUT2D eigenvalue weighted by atomic mass is 32.1. The van der Waals surface area contributed by atoms with E-state index >= 15 is 8.78 Å². The van der Waals surface area contributed by atoms with Gasteiger partial charge >= 0.3 is 0 Å². The Balaban J connectivity index is 1.61. The fraction of sp³-hybridized carbons (Fsp3) is 0. The number of halogens is 4. The minimum Gasteiger partial charge on any atom is -0.247 e. The van der Waals surface area contributed by atoms with Crippen LogP contribution in [0.1, 0.15) is 11.1 Å². The minimum absolute atomic E-state index is 0.179. The van der Waals surface area contributed by atoms with Gasteiger partial charge in [-0.05, 0) is 35.4 Å². The van der Waals surface area contributed by atoms with Crippen molar-refractivity contribution < 1.29 is 17.6 Å². The van der Waals surface area contributed by atoms with Gasteiger partial charge in [0.05, 0.1) is 40.1 Å². The first-order chi connectivity index (χ1) is 20.9. The highest BCUT2D eigenvalue weighted by Gasteiger charge is 2.27. The molecule has 43 heavy (non-hydrogen) atoms. The highest BCUT2D eigenvalue weighted by molar-refractivity contribution is 7.00. The van der Waals surface area contributed by atoms with Crippen LogP contribution in [0.4, 0.5) is 17.6 Å². The van der Waals surface area contributed by atoms with Gasteiger partial charge in [-0.15, -0.1) is 0 Å². The summed E-state index contributed by atoms with van der Waals surface area (Å²) in [5.41, 5.74) is 2.19. The number of pyridine rings is 1. The summed E-state index contributed by atoms with van der Waals surface area (Å²) in [6.07, 6.45) is 0. The maximum Gasteiger partial charge on any atom is 0.180 e. The topological polar surface area (TPSA) is 86.2 Å². The van der Waals surface area contributed by atoms with E-state index in [0.29, 0.717) is 44.0 Å². The zero-order valence-corrected chi connectivity index (χ0v) is 22.5. The number of nitrogens with zero attached hydrogens (tertiary/aromatic N) is 5. The average molecular weight is 588 g/mol. The van der Waals surface area contributed by atoms with Crippen molar-refractivity contribution in [3.8, 4) is 45.6 Å². The number of hydrogen-bond acceptors (Lipinski definition) is 6. The predicted octanol–water partition coefficient (Wildman–Crippen LogP) is 8.69. The third-order valence-corrected chi connectivity index (χ3v) is 7.84. The van der Waals surface area contributed by atoms with Crippen LogP contribution in [0.2, 0.25) is 0 Å². The Morgan fingerprint density at radius 1 is 0.628 bits per heavy atom. The highest BCUT2D eigenvalue weighted by Crippen LogP contribution is 2.42. The van der Waals surface area contributed by atoms with Crippen LogP contribution >= 0.6 is 11.7 Å². The molecule has 7 rings (SSSR count). The largest absolute Gasteiger partial charge is 0.247 e. The molecule has 0 N–H and O–H groups in total. The number of benzene rings is 5. The standard InChI is InChI=1S/C33H13F4N5S/c34-27-23(15-39)28(35)30(37)25(29(27)36)18-9-10-20-24(12-18)40-31(19-8-4-5-16(11-19)14-38)22-13-21(17-6-2-1-3-7-17)32-33(26(20)22)42-43-41-32/h1-13H. The predicted molar refractivity (Wildman–Crippen MR) is 156 cm³/mol. The van der Waals surface area contributed by atoms with E-state index in [9.17, 15) is 14.0 Å². The Hall–Kier alpha value is -5.71. The quantitative estimate of drug-likeness (QED) is 0.117. The summed E-state index contributed by atoms with van der Waals surface area (Å²) in [4.78, 5) is 4.86. The molecule has 7 aromatic rings. The van der Waals surface area contributed by atoms with E-state index in [1.165, 1.54) is 12.1 Å². The van der Waals surface area contributed by atoms with Gasteiger partial charge in [-0.3, -0.25) is 0 Å². The first-order valence-corrected chi connectivity index (χ1v) is 13.5. The SMILES string of the molecule is N#Cc1cccc(-c2nc3cc(-c4c(F)c(F)c(C#N)c(F)c4F)ccc3c3c2cc(-c2ccccc2)c2nsnc23)c1. The van der Waals surface area contributed by atoms with Crippen molar-refractivity contribution in [2.75, 3.05) is 0 Å². The zero-order valence-electron chi connectivity index (χ0n) is 21.7. The molecule has 5 aromatic carbocycles. The van der Waals surface area contributed by atoms with Crippen molar-refractivity contribution in [3.05, 3.63) is 113 Å². The third kappa shape index (κ3) is 4.00. The maximum absolute atomic E-state index is 15.0. The van der Waals surface area contributed by atoms with Crippen LogP contribution in [0.3, 0.4) is 0 Å². The number of aromatic nitrogens is 3. The molecule has 0 spiro atoms. The van der Waals surface area contributed by atoms with Crippen molar-refractivity contribution in [2.24, 2.45) is 0 Å². The zero-order chi connectivity index (χ0) is 29.8. The van der Waals surface area contributed by atoms with E-state index in [-0.39, 0.29) is 11.1 Å². The summed E-state index contributed by atoms with van der Waals surface area (Å²) in [5, 5.41) is 20.5. The Bertz CT molecular complexity index is 2340. The smallest absolute Gasteiger partial charge is 0.180 e. The number of hydrogen-bond donors (Lipinski definition) is 0. The fourth-order valence-corrected chi connectivity index (χ4v) is 5.92.